The van der Waals surface area contributed by atoms with Crippen LogP contribution in [0, 0.1) is 0 Å². The molecule has 1 heteroatoms. The molecule has 0 atom stereocenters. The van der Waals surface area contributed by atoms with Gasteiger partial charge < -0.3 is 4.90 Å². The van der Waals surface area contributed by atoms with E-state index in [2.05, 4.69) is 0 Å². The lowest BCUT2D eigenvalue weighted by atomic mass is 9.95. The highest BCUT2D eigenvalue weighted by atomic mass is 15.1. The average Bonchev–Trinajstić information content (AvgIpc) is 3.35. The Hall–Kier alpha value is -6.96. The number of nitrogens with zero attached hydrogens (tertiary/aromatic N) is 1. The van der Waals surface area contributed by atoms with E-state index in [1.807, 2.05) is 109 Å². The summed E-state index contributed by atoms with van der Waals surface area (Å²) in [6, 6.07) is 37.4. The average molecular weight is 689 g/mol. The molecule has 53 heavy (non-hydrogen) atoms. The van der Waals surface area contributed by atoms with Crippen molar-refractivity contribution in [2.45, 2.75) is 0 Å². The highest BCUT2D eigenvalue weighted by molar-refractivity contribution is 5.97. The van der Waals surface area contributed by atoms with E-state index < -0.39 is 95.4 Å². The van der Waals surface area contributed by atoms with E-state index in [1.54, 1.807) is 36.4 Å². The van der Waals surface area contributed by atoms with Crippen LogP contribution < -0.4 is 4.90 Å². The molecule has 1 nitrogen and oxygen atoms in total. The van der Waals surface area contributed by atoms with Crippen LogP contribution in [0.1, 0.15) is 17.8 Å². The van der Waals surface area contributed by atoms with Gasteiger partial charge >= 0.3 is 0 Å². The third-order valence-corrected chi connectivity index (χ3v) is 9.12. The molecular formula is C52H37N. The van der Waals surface area contributed by atoms with Gasteiger partial charge in [0.1, 0.15) is 0 Å². The third kappa shape index (κ3) is 6.65. The first-order valence-electron chi connectivity index (χ1n) is 23.6. The van der Waals surface area contributed by atoms with Crippen LogP contribution in [0.25, 0.3) is 66.4 Å². The molecule has 0 aliphatic carbocycles. The molecule has 9 rings (SSSR count). The third-order valence-electron chi connectivity index (χ3n) is 9.12. The molecule has 0 bridgehead atoms. The van der Waals surface area contributed by atoms with Crippen LogP contribution in [0.4, 0.5) is 17.1 Å². The van der Waals surface area contributed by atoms with Crippen LogP contribution >= 0.6 is 0 Å². The smallest absolute Gasteiger partial charge is 0.0645 e. The Labute approximate surface area is 330 Å². The fraction of sp³-hybridized carbons (Fsp3) is 0. The van der Waals surface area contributed by atoms with E-state index in [0.717, 1.165) is 44.2 Å². The van der Waals surface area contributed by atoms with Gasteiger partial charge in [0.05, 0.1) is 17.8 Å². The molecule has 0 fully saturated rings. The fourth-order valence-corrected chi connectivity index (χ4v) is 6.46. The maximum Gasteiger partial charge on any atom is 0.0645 e. The monoisotopic (exact) mass is 688 g/mol. The largest absolute Gasteiger partial charge is 0.311 e. The minimum Gasteiger partial charge on any atom is -0.311 e. The van der Waals surface area contributed by atoms with Gasteiger partial charge in [-0.3, -0.25) is 0 Å². The van der Waals surface area contributed by atoms with Gasteiger partial charge in [-0.1, -0.05) is 182 Å². The zero-order valence-electron chi connectivity index (χ0n) is 41.3. The van der Waals surface area contributed by atoms with E-state index in [-0.39, 0.29) is 16.9 Å². The van der Waals surface area contributed by atoms with Crippen LogP contribution in [-0.2, 0) is 0 Å². The summed E-state index contributed by atoms with van der Waals surface area (Å²) in [5.41, 5.74) is 4.20. The number of fused-ring (bicyclic) bond motifs is 1. The second kappa shape index (κ2) is 14.3. The molecule has 0 N–H and O–H groups in total. The van der Waals surface area contributed by atoms with Gasteiger partial charge in [0, 0.05) is 17.1 Å². The second-order valence-corrected chi connectivity index (χ2v) is 12.4. The minimum atomic E-state index is -0.734. The number of hydrogen-bond acceptors (Lipinski definition) is 1. The number of hydrogen-bond donors (Lipinski definition) is 0. The van der Waals surface area contributed by atoms with Crippen molar-refractivity contribution < 1.29 is 17.8 Å². The van der Waals surface area contributed by atoms with Crippen LogP contribution in [0.3, 0.4) is 0 Å². The summed E-state index contributed by atoms with van der Waals surface area (Å²) < 4.78 is 117. The first-order chi connectivity index (χ1) is 31.7. The summed E-state index contributed by atoms with van der Waals surface area (Å²) in [7, 11) is 0. The maximum atomic E-state index is 9.54. The number of anilines is 3. The summed E-state index contributed by atoms with van der Waals surface area (Å²) in [5.74, 6) is 0. The maximum absolute atomic E-state index is 9.54. The Balaban J connectivity index is 1.23. The predicted octanol–water partition coefficient (Wildman–Crippen LogP) is 14.6. The van der Waals surface area contributed by atoms with Gasteiger partial charge in [0.2, 0.25) is 0 Å². The van der Waals surface area contributed by atoms with Crippen molar-refractivity contribution >= 4 is 27.8 Å². The van der Waals surface area contributed by atoms with Crippen molar-refractivity contribution in [3.63, 3.8) is 0 Å². The van der Waals surface area contributed by atoms with Gasteiger partial charge in [0.15, 0.2) is 0 Å². The molecule has 0 unspecified atom stereocenters. The normalized spacial score (nSPS) is 14.5. The van der Waals surface area contributed by atoms with Crippen LogP contribution in [0.15, 0.2) is 224 Å². The zero-order chi connectivity index (χ0) is 46.7. The Kier molecular flexibility index (Phi) is 5.62. The van der Waals surface area contributed by atoms with Crippen molar-refractivity contribution in [2.24, 2.45) is 0 Å². The van der Waals surface area contributed by atoms with Crippen molar-refractivity contribution in [2.75, 3.05) is 4.90 Å². The highest BCUT2D eigenvalue weighted by Crippen LogP contribution is 2.39. The van der Waals surface area contributed by atoms with Gasteiger partial charge in [-0.05, 0) is 109 Å². The van der Waals surface area contributed by atoms with Crippen molar-refractivity contribution in [3.8, 4) is 55.6 Å². The SMILES string of the molecule is [2H]c1c([2H])c([2H])c(-c2c([2H])c([2H])c(N(c3ccc(-c4ccc(-c5ccccc5)cc4)cc3)c3c([2H])c([2H])c(-c4cccc(-c5cccc6ccccc56)c4)c([2H])c3[2H])c([2H])c2[2H])c([2H])c1[2H]. The lowest BCUT2D eigenvalue weighted by molar-refractivity contribution is 1.28. The second-order valence-electron chi connectivity index (χ2n) is 12.4. The van der Waals surface area contributed by atoms with E-state index >= 15 is 0 Å². The fourth-order valence-electron chi connectivity index (χ4n) is 6.46. The molecule has 9 aromatic carbocycles. The summed E-state index contributed by atoms with van der Waals surface area (Å²) in [6.07, 6.45) is 0. The molecular weight excluding hydrogens is 639 g/mol. The highest BCUT2D eigenvalue weighted by Gasteiger charge is 2.14. The molecule has 0 aliphatic rings. The van der Waals surface area contributed by atoms with E-state index in [0.29, 0.717) is 5.56 Å². The Morgan fingerprint density at radius 2 is 0.774 bits per heavy atom. The minimum absolute atomic E-state index is 0.0150. The summed E-state index contributed by atoms with van der Waals surface area (Å²) in [6.45, 7) is 0. The van der Waals surface area contributed by atoms with Gasteiger partial charge in [-0.15, -0.1) is 0 Å². The summed E-state index contributed by atoms with van der Waals surface area (Å²) >= 11 is 0. The van der Waals surface area contributed by atoms with Gasteiger partial charge in [0.25, 0.3) is 0 Å². The molecule has 250 valence electrons. The standard InChI is InChI=1S/C52H37N/c1-3-11-38(12-4-1)40-21-23-41(24-22-40)43-27-33-49(34-28-43)53(48-31-25-42(26-32-48)39-13-5-2-6-14-39)50-35-29-44(30-36-50)46-17-9-18-47(37-46)52-20-10-16-45-15-7-8-19-51(45)52/h1-37H/i2D,5D,6D,13D,14D,25D,26D,29D,30D,31D,32D,35D,36D. The first-order valence-corrected chi connectivity index (χ1v) is 17.1. The van der Waals surface area contributed by atoms with Crippen LogP contribution in [-0.4, -0.2) is 0 Å². The van der Waals surface area contributed by atoms with E-state index in [9.17, 15) is 11.0 Å². The predicted molar refractivity (Wildman–Crippen MR) is 226 cm³/mol. The number of benzene rings is 9. The van der Waals surface area contributed by atoms with Crippen molar-refractivity contribution in [1.82, 2.24) is 0 Å². The van der Waals surface area contributed by atoms with Gasteiger partial charge in [-0.2, -0.15) is 0 Å². The topological polar surface area (TPSA) is 3.24 Å². The van der Waals surface area contributed by atoms with E-state index in [1.165, 1.54) is 4.90 Å². The van der Waals surface area contributed by atoms with E-state index in [4.69, 9.17) is 6.85 Å². The molecule has 0 amide bonds. The Morgan fingerprint density at radius 3 is 1.43 bits per heavy atom. The molecule has 9 aromatic rings. The van der Waals surface area contributed by atoms with Crippen molar-refractivity contribution in [3.05, 3.63) is 224 Å². The lowest BCUT2D eigenvalue weighted by Gasteiger charge is -2.26. The lowest BCUT2D eigenvalue weighted by Crippen LogP contribution is -2.09. The molecule has 0 aromatic heterocycles. The first kappa shape index (κ1) is 20.8. The molecule has 0 heterocycles. The quantitative estimate of drug-likeness (QED) is 0.154. The molecule has 0 saturated heterocycles. The molecule has 0 radical (unpaired) electrons. The zero-order valence-corrected chi connectivity index (χ0v) is 28.3. The Morgan fingerprint density at radius 1 is 0.302 bits per heavy atom. The molecule has 0 spiro atoms. The summed E-state index contributed by atoms with van der Waals surface area (Å²) in [5, 5.41) is 2.02. The summed E-state index contributed by atoms with van der Waals surface area (Å²) in [4.78, 5) is 1.17. The molecule has 0 saturated carbocycles. The van der Waals surface area contributed by atoms with Crippen molar-refractivity contribution in [1.29, 1.82) is 0 Å². The Bertz CT molecular complexity index is 3300. The number of rotatable bonds is 8. The van der Waals surface area contributed by atoms with Crippen LogP contribution in [0.2, 0.25) is 0 Å². The van der Waals surface area contributed by atoms with Gasteiger partial charge in [-0.25, -0.2) is 0 Å². The molecule has 0 aliphatic heterocycles. The van der Waals surface area contributed by atoms with Crippen LogP contribution in [0.5, 0.6) is 0 Å².